The first kappa shape index (κ1) is 32.8. The number of carbonyl (C=O) groups excluding carboxylic acids is 4. The molecule has 0 heterocycles. The van der Waals surface area contributed by atoms with Crippen LogP contribution in [0.2, 0.25) is 0 Å². The Bertz CT molecular complexity index is 1150. The van der Waals surface area contributed by atoms with Gasteiger partial charge in [-0.05, 0) is 35.8 Å². The van der Waals surface area contributed by atoms with Gasteiger partial charge in [0.05, 0.1) is 6.04 Å². The summed E-state index contributed by atoms with van der Waals surface area (Å²) >= 11 is 0. The zero-order chi connectivity index (χ0) is 30.5. The van der Waals surface area contributed by atoms with E-state index in [1.807, 2.05) is 74.5 Å². The van der Waals surface area contributed by atoms with Crippen molar-refractivity contribution in [2.75, 3.05) is 0 Å². The third kappa shape index (κ3) is 10.3. The molecule has 0 radical (unpaired) electrons. The molecule has 4 amide bonds. The second-order valence-electron chi connectivity index (χ2n) is 11.6. The molecule has 9 nitrogen and oxygen atoms in total. The standard InChI is InChI=1S/C33H47N5O4/c1-3-22(2)29(33(42)36-27(30(35)39)20-24-15-9-5-10-16-24)38-32(41)28(21-25-17-11-6-12-18-25)37-31(40)26(34)19-23-13-7-4-8-14-23/h4,6-8,11-14,17-18,22,24,26-29H,3,5,9-10,15-16,19-21,34H2,1-2H3,(H2,35,39)(H,36,42)(H,37,40)(H,38,41)/t22-,26-,27-,28-,29+/m0/s1. The van der Waals surface area contributed by atoms with Crippen molar-refractivity contribution in [1.29, 1.82) is 0 Å². The fraction of sp³-hybridized carbons (Fsp3) is 0.515. The summed E-state index contributed by atoms with van der Waals surface area (Å²) in [7, 11) is 0. The Morgan fingerprint density at radius 1 is 0.762 bits per heavy atom. The van der Waals surface area contributed by atoms with Crippen molar-refractivity contribution in [3.63, 3.8) is 0 Å². The van der Waals surface area contributed by atoms with Crippen LogP contribution in [-0.2, 0) is 32.0 Å². The molecule has 1 aliphatic rings. The zero-order valence-corrected chi connectivity index (χ0v) is 24.9. The molecule has 0 bridgehead atoms. The maximum absolute atomic E-state index is 13.7. The number of nitrogens with two attached hydrogens (primary N) is 2. The first-order chi connectivity index (χ1) is 20.2. The number of rotatable bonds is 15. The van der Waals surface area contributed by atoms with Crippen LogP contribution in [0, 0.1) is 11.8 Å². The smallest absolute Gasteiger partial charge is 0.243 e. The number of primary amides is 1. The number of benzene rings is 2. The normalized spacial score (nSPS) is 17.2. The number of hydrogen-bond donors (Lipinski definition) is 5. The minimum atomic E-state index is -0.963. The van der Waals surface area contributed by atoms with E-state index in [4.69, 9.17) is 11.5 Å². The van der Waals surface area contributed by atoms with Crippen molar-refractivity contribution < 1.29 is 19.2 Å². The number of carbonyl (C=O) groups is 4. The van der Waals surface area contributed by atoms with Gasteiger partial charge in [-0.25, -0.2) is 0 Å². The van der Waals surface area contributed by atoms with Crippen LogP contribution >= 0.6 is 0 Å². The highest BCUT2D eigenvalue weighted by atomic mass is 16.2. The predicted molar refractivity (Wildman–Crippen MR) is 164 cm³/mol. The predicted octanol–water partition coefficient (Wildman–Crippen LogP) is 2.76. The Kier molecular flexibility index (Phi) is 13.0. The van der Waals surface area contributed by atoms with Gasteiger partial charge >= 0.3 is 0 Å². The van der Waals surface area contributed by atoms with Gasteiger partial charge in [0.15, 0.2) is 0 Å². The van der Waals surface area contributed by atoms with Crippen molar-refractivity contribution in [2.45, 2.75) is 95.8 Å². The topological polar surface area (TPSA) is 156 Å². The molecule has 0 saturated heterocycles. The van der Waals surface area contributed by atoms with E-state index in [9.17, 15) is 19.2 Å². The molecule has 3 rings (SSSR count). The second-order valence-corrected chi connectivity index (χ2v) is 11.6. The molecule has 0 aliphatic heterocycles. The van der Waals surface area contributed by atoms with Gasteiger partial charge < -0.3 is 27.4 Å². The van der Waals surface area contributed by atoms with Crippen molar-refractivity contribution >= 4 is 23.6 Å². The molecule has 5 atom stereocenters. The number of amides is 4. The molecule has 7 N–H and O–H groups in total. The van der Waals surface area contributed by atoms with Gasteiger partial charge in [0.25, 0.3) is 0 Å². The molecule has 2 aromatic rings. The SMILES string of the molecule is CC[C@H](C)[C@@H](NC(=O)[C@H](Cc1ccccc1)NC(=O)[C@@H](N)Cc1ccccc1)C(=O)N[C@@H](CC1CCCCC1)C(N)=O. The van der Waals surface area contributed by atoms with E-state index in [-0.39, 0.29) is 12.3 Å². The average Bonchev–Trinajstić information content (AvgIpc) is 3.00. The Morgan fingerprint density at radius 2 is 1.31 bits per heavy atom. The van der Waals surface area contributed by atoms with E-state index in [1.54, 1.807) is 0 Å². The lowest BCUT2D eigenvalue weighted by atomic mass is 9.84. The van der Waals surface area contributed by atoms with E-state index < -0.39 is 47.8 Å². The highest BCUT2D eigenvalue weighted by Crippen LogP contribution is 2.27. The van der Waals surface area contributed by atoms with Crippen LogP contribution < -0.4 is 27.4 Å². The largest absolute Gasteiger partial charge is 0.368 e. The van der Waals surface area contributed by atoms with Crippen LogP contribution in [-0.4, -0.2) is 47.8 Å². The monoisotopic (exact) mass is 577 g/mol. The van der Waals surface area contributed by atoms with Crippen LogP contribution in [0.15, 0.2) is 60.7 Å². The first-order valence-electron chi connectivity index (χ1n) is 15.2. The van der Waals surface area contributed by atoms with Crippen LogP contribution in [0.1, 0.15) is 69.9 Å². The third-order valence-corrected chi connectivity index (χ3v) is 8.30. The Morgan fingerprint density at radius 3 is 1.86 bits per heavy atom. The van der Waals surface area contributed by atoms with E-state index in [2.05, 4.69) is 16.0 Å². The molecule has 1 aliphatic carbocycles. The Balaban J connectivity index is 1.74. The molecule has 0 aromatic heterocycles. The summed E-state index contributed by atoms with van der Waals surface area (Å²) < 4.78 is 0. The molecule has 42 heavy (non-hydrogen) atoms. The third-order valence-electron chi connectivity index (χ3n) is 8.30. The molecule has 1 saturated carbocycles. The number of nitrogens with one attached hydrogen (secondary N) is 3. The van der Waals surface area contributed by atoms with Crippen LogP contribution in [0.3, 0.4) is 0 Å². The van der Waals surface area contributed by atoms with E-state index in [0.29, 0.717) is 25.2 Å². The zero-order valence-electron chi connectivity index (χ0n) is 24.9. The second kappa shape index (κ2) is 16.7. The molecule has 0 spiro atoms. The highest BCUT2D eigenvalue weighted by molar-refractivity contribution is 5.94. The maximum Gasteiger partial charge on any atom is 0.243 e. The molecule has 0 unspecified atom stereocenters. The maximum atomic E-state index is 13.7. The van der Waals surface area contributed by atoms with E-state index >= 15 is 0 Å². The van der Waals surface area contributed by atoms with Gasteiger partial charge in [-0.2, -0.15) is 0 Å². The van der Waals surface area contributed by atoms with Crippen molar-refractivity contribution in [1.82, 2.24) is 16.0 Å². The molecular weight excluding hydrogens is 530 g/mol. The lowest BCUT2D eigenvalue weighted by Crippen LogP contribution is -2.59. The van der Waals surface area contributed by atoms with Gasteiger partial charge in [-0.15, -0.1) is 0 Å². The van der Waals surface area contributed by atoms with Crippen molar-refractivity contribution in [3.8, 4) is 0 Å². The summed E-state index contributed by atoms with van der Waals surface area (Å²) in [6.07, 6.45) is 7.07. The Hall–Kier alpha value is -3.72. The summed E-state index contributed by atoms with van der Waals surface area (Å²) in [5.41, 5.74) is 13.7. The summed E-state index contributed by atoms with van der Waals surface area (Å²) in [5, 5.41) is 8.51. The lowest BCUT2D eigenvalue weighted by molar-refractivity contribution is -0.134. The first-order valence-corrected chi connectivity index (χ1v) is 15.2. The van der Waals surface area contributed by atoms with Gasteiger partial charge in [-0.3, -0.25) is 19.2 Å². The average molecular weight is 578 g/mol. The molecule has 1 fully saturated rings. The minimum absolute atomic E-state index is 0.219. The lowest BCUT2D eigenvalue weighted by Gasteiger charge is -2.30. The van der Waals surface area contributed by atoms with Crippen LogP contribution in [0.25, 0.3) is 0 Å². The van der Waals surface area contributed by atoms with Crippen LogP contribution in [0.5, 0.6) is 0 Å². The fourth-order valence-electron chi connectivity index (χ4n) is 5.52. The summed E-state index contributed by atoms with van der Waals surface area (Å²) in [6, 6.07) is 15.2. The van der Waals surface area contributed by atoms with Crippen molar-refractivity contribution in [2.24, 2.45) is 23.3 Å². The molecule has 228 valence electrons. The quantitative estimate of drug-likeness (QED) is 0.220. The summed E-state index contributed by atoms with van der Waals surface area (Å²) in [4.78, 5) is 52.6. The van der Waals surface area contributed by atoms with Gasteiger partial charge in [0.1, 0.15) is 18.1 Å². The van der Waals surface area contributed by atoms with Crippen LogP contribution in [0.4, 0.5) is 0 Å². The van der Waals surface area contributed by atoms with Crippen molar-refractivity contribution in [3.05, 3.63) is 71.8 Å². The van der Waals surface area contributed by atoms with Gasteiger partial charge in [0, 0.05) is 6.42 Å². The molecule has 2 aromatic carbocycles. The molecular formula is C33H47N5O4. The minimum Gasteiger partial charge on any atom is -0.368 e. The summed E-state index contributed by atoms with van der Waals surface area (Å²) in [6.45, 7) is 3.79. The van der Waals surface area contributed by atoms with Gasteiger partial charge in [-0.1, -0.05) is 113 Å². The molecule has 9 heteroatoms. The highest BCUT2D eigenvalue weighted by Gasteiger charge is 2.33. The van der Waals surface area contributed by atoms with E-state index in [0.717, 1.165) is 36.8 Å². The van der Waals surface area contributed by atoms with E-state index in [1.165, 1.54) is 6.42 Å². The fourth-order valence-corrected chi connectivity index (χ4v) is 5.52. The number of hydrogen-bond acceptors (Lipinski definition) is 5. The summed E-state index contributed by atoms with van der Waals surface area (Å²) in [5.74, 6) is -1.89. The van der Waals surface area contributed by atoms with Gasteiger partial charge in [0.2, 0.25) is 23.6 Å². The Labute approximate surface area is 249 Å².